The number of hydrogen-bond acceptors (Lipinski definition) is 4. The van der Waals surface area contributed by atoms with E-state index in [0.29, 0.717) is 12.2 Å². The first-order valence-electron chi connectivity index (χ1n) is 11.1. The number of para-hydroxylation sites is 1. The summed E-state index contributed by atoms with van der Waals surface area (Å²) in [6.07, 6.45) is 7.02. The third kappa shape index (κ3) is 5.65. The summed E-state index contributed by atoms with van der Waals surface area (Å²) in [6, 6.07) is 19.0. The molecule has 0 saturated carbocycles. The molecule has 1 aliphatic rings. The molecule has 1 fully saturated rings. The highest BCUT2D eigenvalue weighted by Gasteiger charge is 2.30. The minimum absolute atomic E-state index is 0.00952. The number of hydrogen-bond donors (Lipinski definition) is 1. The van der Waals surface area contributed by atoms with Crippen LogP contribution in [-0.4, -0.2) is 45.4 Å². The van der Waals surface area contributed by atoms with Gasteiger partial charge in [-0.1, -0.05) is 48.5 Å². The second-order valence-electron chi connectivity index (χ2n) is 8.01. The molecule has 0 aliphatic carbocycles. The predicted molar refractivity (Wildman–Crippen MR) is 125 cm³/mol. The van der Waals surface area contributed by atoms with Gasteiger partial charge in [-0.25, -0.2) is 9.66 Å². The molecule has 3 amide bonds. The first-order chi connectivity index (χ1) is 16.1. The molecule has 1 N–H and O–H groups in total. The van der Waals surface area contributed by atoms with Crippen LogP contribution in [0.4, 0.5) is 5.69 Å². The molecule has 8 nitrogen and oxygen atoms in total. The SMILES string of the molecule is O=C(CC(=O)N(CC(=O)N1CCCCC1c1ccccc1)c1ccccc1)Nn1ccnc1. The third-order valence-corrected chi connectivity index (χ3v) is 5.74. The van der Waals surface area contributed by atoms with Crippen molar-refractivity contribution in [2.24, 2.45) is 0 Å². The van der Waals surface area contributed by atoms with Crippen molar-refractivity contribution in [3.05, 3.63) is 84.9 Å². The van der Waals surface area contributed by atoms with Crippen molar-refractivity contribution in [2.75, 3.05) is 23.4 Å². The third-order valence-electron chi connectivity index (χ3n) is 5.74. The van der Waals surface area contributed by atoms with Gasteiger partial charge in [0.25, 0.3) is 0 Å². The summed E-state index contributed by atoms with van der Waals surface area (Å²) in [5.74, 6) is -1.05. The fourth-order valence-electron chi connectivity index (χ4n) is 4.15. The number of rotatable bonds is 7. The van der Waals surface area contributed by atoms with Crippen molar-refractivity contribution in [3.8, 4) is 0 Å². The average molecular weight is 446 g/mol. The maximum atomic E-state index is 13.4. The van der Waals surface area contributed by atoms with Gasteiger partial charge >= 0.3 is 0 Å². The van der Waals surface area contributed by atoms with Crippen LogP contribution in [0.5, 0.6) is 0 Å². The number of carbonyl (C=O) groups is 3. The molecule has 33 heavy (non-hydrogen) atoms. The molecule has 0 bridgehead atoms. The molecule has 2 heterocycles. The zero-order chi connectivity index (χ0) is 23.0. The van der Waals surface area contributed by atoms with Gasteiger partial charge in [0.1, 0.15) is 19.3 Å². The van der Waals surface area contributed by atoms with Crippen LogP contribution in [0.2, 0.25) is 0 Å². The van der Waals surface area contributed by atoms with Gasteiger partial charge in [0.05, 0.1) is 6.04 Å². The summed E-state index contributed by atoms with van der Waals surface area (Å²) in [5.41, 5.74) is 4.26. The molecule has 3 aromatic rings. The monoisotopic (exact) mass is 445 g/mol. The molecule has 1 aromatic heterocycles. The fourth-order valence-corrected chi connectivity index (χ4v) is 4.15. The molecule has 0 radical (unpaired) electrons. The Bertz CT molecular complexity index is 1070. The second-order valence-corrected chi connectivity index (χ2v) is 8.01. The van der Waals surface area contributed by atoms with Gasteiger partial charge in [0.15, 0.2) is 0 Å². The molecule has 4 rings (SSSR count). The summed E-state index contributed by atoms with van der Waals surface area (Å²) in [7, 11) is 0. The van der Waals surface area contributed by atoms with Crippen molar-refractivity contribution in [2.45, 2.75) is 31.7 Å². The van der Waals surface area contributed by atoms with Gasteiger partial charge in [0.2, 0.25) is 17.7 Å². The van der Waals surface area contributed by atoms with Crippen molar-refractivity contribution in [1.82, 2.24) is 14.6 Å². The number of nitrogens with one attached hydrogen (secondary N) is 1. The summed E-state index contributed by atoms with van der Waals surface area (Å²) in [5, 5.41) is 0. The van der Waals surface area contributed by atoms with Gasteiger partial charge in [-0.3, -0.25) is 19.8 Å². The van der Waals surface area contributed by atoms with Gasteiger partial charge < -0.3 is 9.80 Å². The Kier molecular flexibility index (Phi) is 7.14. The van der Waals surface area contributed by atoms with Gasteiger partial charge in [0, 0.05) is 24.6 Å². The van der Waals surface area contributed by atoms with E-state index in [9.17, 15) is 14.4 Å². The molecule has 2 aromatic carbocycles. The van der Waals surface area contributed by atoms with E-state index >= 15 is 0 Å². The fraction of sp³-hybridized carbons (Fsp3) is 0.280. The molecule has 0 spiro atoms. The highest BCUT2D eigenvalue weighted by molar-refractivity contribution is 6.09. The van der Waals surface area contributed by atoms with E-state index in [2.05, 4.69) is 10.4 Å². The highest BCUT2D eigenvalue weighted by Crippen LogP contribution is 2.31. The first-order valence-corrected chi connectivity index (χ1v) is 11.1. The van der Waals surface area contributed by atoms with Crippen molar-refractivity contribution < 1.29 is 14.4 Å². The van der Waals surface area contributed by atoms with Crippen LogP contribution in [-0.2, 0) is 14.4 Å². The summed E-state index contributed by atoms with van der Waals surface area (Å²) < 4.78 is 1.38. The topological polar surface area (TPSA) is 87.5 Å². The van der Waals surface area contributed by atoms with Gasteiger partial charge in [-0.15, -0.1) is 0 Å². The lowest BCUT2D eigenvalue weighted by atomic mass is 9.95. The van der Waals surface area contributed by atoms with E-state index in [-0.39, 0.29) is 24.9 Å². The van der Waals surface area contributed by atoms with E-state index in [1.54, 1.807) is 30.5 Å². The number of nitrogens with zero attached hydrogens (tertiary/aromatic N) is 4. The number of likely N-dealkylation sites (tertiary alicyclic amines) is 1. The Morgan fingerprint density at radius 1 is 1.00 bits per heavy atom. The van der Waals surface area contributed by atoms with Crippen molar-refractivity contribution in [3.63, 3.8) is 0 Å². The van der Waals surface area contributed by atoms with E-state index < -0.39 is 11.8 Å². The normalized spacial score (nSPS) is 15.6. The second kappa shape index (κ2) is 10.6. The molecular weight excluding hydrogens is 418 g/mol. The van der Waals surface area contributed by atoms with Crippen molar-refractivity contribution >= 4 is 23.4 Å². The predicted octanol–water partition coefficient (Wildman–Crippen LogP) is 3.13. The molecule has 8 heteroatoms. The van der Waals surface area contributed by atoms with Crippen LogP contribution >= 0.6 is 0 Å². The van der Waals surface area contributed by atoms with Crippen LogP contribution < -0.4 is 10.3 Å². The Morgan fingerprint density at radius 3 is 2.42 bits per heavy atom. The number of anilines is 1. The number of benzene rings is 2. The maximum absolute atomic E-state index is 13.4. The summed E-state index contributed by atoms with van der Waals surface area (Å²) in [6.45, 7) is 0.529. The molecule has 1 unspecified atom stereocenters. The number of carbonyl (C=O) groups excluding carboxylic acids is 3. The lowest BCUT2D eigenvalue weighted by molar-refractivity contribution is -0.135. The number of aromatic nitrogens is 2. The standard InChI is InChI=1S/C25H27N5O3/c31-23(27-28-16-14-26-19-28)17-24(32)30(21-11-5-2-6-12-21)18-25(33)29-15-8-7-13-22(29)20-9-3-1-4-10-20/h1-6,9-12,14,16,19,22H,7-8,13,15,17-18H2,(H,27,31). The molecule has 1 aliphatic heterocycles. The smallest absolute Gasteiger partial charge is 0.248 e. The van der Waals surface area contributed by atoms with E-state index in [4.69, 9.17) is 0 Å². The number of amides is 3. The number of piperidine rings is 1. The van der Waals surface area contributed by atoms with Gasteiger partial charge in [-0.2, -0.15) is 0 Å². The largest absolute Gasteiger partial charge is 0.334 e. The maximum Gasteiger partial charge on any atom is 0.248 e. The van der Waals surface area contributed by atoms with E-state index in [0.717, 1.165) is 24.8 Å². The number of imidazole rings is 1. The highest BCUT2D eigenvalue weighted by atomic mass is 16.2. The zero-order valence-corrected chi connectivity index (χ0v) is 18.3. The van der Waals surface area contributed by atoms with Crippen LogP contribution in [0.1, 0.15) is 37.3 Å². The van der Waals surface area contributed by atoms with Crippen LogP contribution in [0.3, 0.4) is 0 Å². The molecular formula is C25H27N5O3. The lowest BCUT2D eigenvalue weighted by Gasteiger charge is -2.37. The summed E-state index contributed by atoms with van der Waals surface area (Å²) >= 11 is 0. The quantitative estimate of drug-likeness (QED) is 0.566. The molecule has 1 saturated heterocycles. The minimum atomic E-state index is -0.480. The molecule has 170 valence electrons. The Labute approximate surface area is 192 Å². The van der Waals surface area contributed by atoms with Crippen LogP contribution in [0.25, 0.3) is 0 Å². The van der Waals surface area contributed by atoms with E-state index in [1.807, 2.05) is 41.3 Å². The summed E-state index contributed by atoms with van der Waals surface area (Å²) in [4.78, 5) is 46.1. The zero-order valence-electron chi connectivity index (χ0n) is 18.3. The Morgan fingerprint density at radius 2 is 1.73 bits per heavy atom. The average Bonchev–Trinajstić information content (AvgIpc) is 3.36. The minimum Gasteiger partial charge on any atom is -0.334 e. The van der Waals surface area contributed by atoms with Crippen LogP contribution in [0.15, 0.2) is 79.4 Å². The Hall–Kier alpha value is -3.94. The first kappa shape index (κ1) is 22.3. The van der Waals surface area contributed by atoms with Gasteiger partial charge in [-0.05, 0) is 37.0 Å². The Balaban J connectivity index is 1.50. The van der Waals surface area contributed by atoms with Crippen LogP contribution in [0, 0.1) is 0 Å². The molecule has 1 atom stereocenters. The van der Waals surface area contributed by atoms with E-state index in [1.165, 1.54) is 22.1 Å². The van der Waals surface area contributed by atoms with Crippen molar-refractivity contribution in [1.29, 1.82) is 0 Å². The lowest BCUT2D eigenvalue weighted by Crippen LogP contribution is -2.46.